The van der Waals surface area contributed by atoms with E-state index in [0.717, 1.165) is 0 Å². The van der Waals surface area contributed by atoms with E-state index < -0.39 is 26.6 Å². The van der Waals surface area contributed by atoms with Crippen LogP contribution >= 0.6 is 0 Å². The van der Waals surface area contributed by atoms with Gasteiger partial charge in [-0.3, -0.25) is 0 Å². The molecule has 0 saturated carbocycles. The number of benzene rings is 3. The summed E-state index contributed by atoms with van der Waals surface area (Å²) in [7, 11) is -4.84. The summed E-state index contributed by atoms with van der Waals surface area (Å²) in [5.41, 5.74) is 5.59. The fourth-order valence-electron chi connectivity index (χ4n) is 2.33. The maximum absolute atomic E-state index is 12.5. The minimum atomic E-state index is -4.84. The molecule has 0 aliphatic carbocycles. The predicted octanol–water partition coefficient (Wildman–Crippen LogP) is 1.92. The highest BCUT2D eigenvalue weighted by atomic mass is 127. The first-order valence-electron chi connectivity index (χ1n) is 8.67. The molecule has 154 valence electrons. The van der Waals surface area contributed by atoms with E-state index in [1.165, 1.54) is 29.4 Å². The number of hydrogen-bond donors (Lipinski definition) is 0. The van der Waals surface area contributed by atoms with Crippen molar-refractivity contribution in [2.24, 2.45) is 0 Å². The van der Waals surface area contributed by atoms with Gasteiger partial charge in [0.1, 0.15) is 21.8 Å². The molecule has 7 heteroatoms. The average Bonchev–Trinajstić information content (AvgIpc) is 2.61. The Hall–Kier alpha value is -1.84. The van der Waals surface area contributed by atoms with Crippen molar-refractivity contribution in [2.45, 2.75) is 32.6 Å². The van der Waals surface area contributed by atoms with Crippen molar-refractivity contribution in [2.75, 3.05) is 0 Å². The first kappa shape index (κ1) is 23.4. The molecule has 0 bridgehead atoms. The summed E-state index contributed by atoms with van der Waals surface area (Å²) in [6.07, 6.45) is 0. The van der Waals surface area contributed by atoms with E-state index in [1.54, 1.807) is 0 Å². The monoisotopic (exact) mass is 530 g/mol. The van der Waals surface area contributed by atoms with Crippen LogP contribution in [0.3, 0.4) is 0 Å². The molecule has 0 aromatic heterocycles. The van der Waals surface area contributed by atoms with E-state index in [2.05, 4.69) is 64.1 Å². The van der Waals surface area contributed by atoms with E-state index in [0.29, 0.717) is 18.2 Å². The first-order chi connectivity index (χ1) is 13.5. The summed E-state index contributed by atoms with van der Waals surface area (Å²) < 4.78 is 58.5. The van der Waals surface area contributed by atoms with Crippen LogP contribution in [-0.2, 0) is 10.1 Å². The molecule has 0 aliphatic rings. The number of aryl methyl sites for hydroxylation is 4. The predicted molar refractivity (Wildman–Crippen MR) is 104 cm³/mol. The van der Waals surface area contributed by atoms with Crippen LogP contribution in [0.4, 0.5) is 8.78 Å². The molecular weight excluding hydrogens is 509 g/mol. The van der Waals surface area contributed by atoms with E-state index in [9.17, 15) is 21.8 Å². The van der Waals surface area contributed by atoms with E-state index in [-0.39, 0.29) is 21.2 Å². The van der Waals surface area contributed by atoms with Gasteiger partial charge in [-0.25, -0.2) is 17.2 Å². The Balaban J connectivity index is 0.000000221. The van der Waals surface area contributed by atoms with Crippen LogP contribution < -0.4 is 21.2 Å². The Labute approximate surface area is 180 Å². The largest absolute Gasteiger partial charge is 0.744 e. The zero-order valence-corrected chi connectivity index (χ0v) is 19.4. The highest BCUT2D eigenvalue weighted by Gasteiger charge is 2.16. The van der Waals surface area contributed by atoms with Crippen molar-refractivity contribution >= 4 is 10.1 Å². The number of hydrogen-bond acceptors (Lipinski definition) is 3. The maximum Gasteiger partial charge on any atom is 0.357 e. The van der Waals surface area contributed by atoms with Gasteiger partial charge in [-0.2, -0.15) is 0 Å². The van der Waals surface area contributed by atoms with Crippen LogP contribution in [0.2, 0.25) is 0 Å². The molecule has 0 amide bonds. The van der Waals surface area contributed by atoms with Crippen LogP contribution in [0.25, 0.3) is 0 Å². The van der Waals surface area contributed by atoms with Crippen molar-refractivity contribution in [3.05, 3.63) is 95.6 Å². The van der Waals surface area contributed by atoms with Gasteiger partial charge in [0.05, 0.1) is 4.90 Å². The molecular formula is C22H21F2IO3S. The lowest BCUT2D eigenvalue weighted by Crippen LogP contribution is -3.61. The molecule has 0 radical (unpaired) electrons. The van der Waals surface area contributed by atoms with Gasteiger partial charge in [0.15, 0.2) is 7.14 Å². The zero-order chi connectivity index (χ0) is 21.8. The Morgan fingerprint density at radius 1 is 0.724 bits per heavy atom. The molecule has 0 heterocycles. The Morgan fingerprint density at radius 3 is 1.59 bits per heavy atom. The quantitative estimate of drug-likeness (QED) is 0.384. The lowest BCUT2D eigenvalue weighted by atomic mass is 10.1. The SMILES string of the molecule is Cc1ccc([I+]c2ccc(C)c(C)c2)cc1C.O=S(=O)([O-])c1ccc(F)cc1F. The van der Waals surface area contributed by atoms with Crippen molar-refractivity contribution < 1.29 is 43.0 Å². The molecule has 0 unspecified atom stereocenters. The summed E-state index contributed by atoms with van der Waals surface area (Å²) in [4.78, 5) is -1.04. The summed E-state index contributed by atoms with van der Waals surface area (Å²) in [6.45, 7) is 8.74. The van der Waals surface area contributed by atoms with Crippen molar-refractivity contribution in [3.8, 4) is 0 Å². The Bertz CT molecular complexity index is 1080. The second kappa shape index (κ2) is 9.77. The highest BCUT2D eigenvalue weighted by molar-refractivity contribution is 7.85. The molecule has 3 rings (SSSR count). The third-order valence-electron chi connectivity index (χ3n) is 4.32. The smallest absolute Gasteiger partial charge is 0.357 e. The summed E-state index contributed by atoms with van der Waals surface area (Å²) in [5.74, 6) is -2.30. The third kappa shape index (κ3) is 6.87. The number of rotatable bonds is 3. The van der Waals surface area contributed by atoms with Gasteiger partial charge in [-0.05, 0) is 86.3 Å². The molecule has 29 heavy (non-hydrogen) atoms. The molecule has 3 aromatic rings. The van der Waals surface area contributed by atoms with E-state index in [1.807, 2.05) is 0 Å². The Kier molecular flexibility index (Phi) is 7.90. The molecule has 0 fully saturated rings. The second-order valence-electron chi connectivity index (χ2n) is 6.58. The van der Waals surface area contributed by atoms with Crippen molar-refractivity contribution in [3.63, 3.8) is 0 Å². The van der Waals surface area contributed by atoms with Gasteiger partial charge in [-0.15, -0.1) is 0 Å². The third-order valence-corrected chi connectivity index (χ3v) is 7.78. The minimum absolute atomic E-state index is 0.0304. The van der Waals surface area contributed by atoms with Crippen LogP contribution in [0.5, 0.6) is 0 Å². The lowest BCUT2D eigenvalue weighted by molar-refractivity contribution is -0.597. The molecule has 0 aliphatic heterocycles. The van der Waals surface area contributed by atoms with Gasteiger partial charge in [0.25, 0.3) is 0 Å². The highest BCUT2D eigenvalue weighted by Crippen LogP contribution is 2.14. The van der Waals surface area contributed by atoms with Crippen molar-refractivity contribution in [1.82, 2.24) is 0 Å². The molecule has 0 N–H and O–H groups in total. The molecule has 0 spiro atoms. The van der Waals surface area contributed by atoms with Gasteiger partial charge in [0.2, 0.25) is 0 Å². The lowest BCUT2D eigenvalue weighted by Gasteiger charge is -2.06. The summed E-state index contributed by atoms with van der Waals surface area (Å²) >= 11 is -0.0304. The van der Waals surface area contributed by atoms with Crippen LogP contribution in [0, 0.1) is 46.5 Å². The summed E-state index contributed by atoms with van der Waals surface area (Å²) in [6, 6.07) is 15.4. The van der Waals surface area contributed by atoms with Crippen molar-refractivity contribution in [1.29, 1.82) is 0 Å². The molecule has 3 aromatic carbocycles. The second-order valence-corrected chi connectivity index (χ2v) is 11.0. The van der Waals surface area contributed by atoms with Gasteiger partial charge >= 0.3 is 21.2 Å². The topological polar surface area (TPSA) is 57.2 Å². The van der Waals surface area contributed by atoms with Crippen LogP contribution in [0.15, 0.2) is 59.5 Å². The Morgan fingerprint density at radius 2 is 1.21 bits per heavy atom. The standard InChI is InChI=1S/C16H18I.C6H4F2O3S/c1-11-5-7-15(9-13(11)3)17-16-8-6-12(2)14(4)10-16;7-4-1-2-6(5(8)3-4)12(9,10)11/h5-10H,1-4H3;1-3H,(H,9,10,11)/q+1;/p-1. The zero-order valence-electron chi connectivity index (χ0n) is 16.5. The molecule has 3 nitrogen and oxygen atoms in total. The van der Waals surface area contributed by atoms with Gasteiger partial charge < -0.3 is 4.55 Å². The maximum atomic E-state index is 12.5. The normalized spacial score (nSPS) is 11.0. The fourth-order valence-corrected chi connectivity index (χ4v) is 5.55. The van der Waals surface area contributed by atoms with Crippen LogP contribution in [0.1, 0.15) is 22.3 Å². The summed E-state index contributed by atoms with van der Waals surface area (Å²) in [5, 5.41) is 0. The van der Waals surface area contributed by atoms with Gasteiger partial charge in [0, 0.05) is 6.07 Å². The minimum Gasteiger partial charge on any atom is -0.744 e. The molecule has 0 saturated heterocycles. The van der Waals surface area contributed by atoms with Gasteiger partial charge in [-0.1, -0.05) is 12.1 Å². The van der Waals surface area contributed by atoms with Crippen LogP contribution in [-0.4, -0.2) is 13.0 Å². The first-order valence-corrected chi connectivity index (χ1v) is 12.2. The average molecular weight is 530 g/mol. The molecule has 0 atom stereocenters. The number of halogens is 3. The van der Waals surface area contributed by atoms with E-state index in [4.69, 9.17) is 0 Å². The van der Waals surface area contributed by atoms with E-state index >= 15 is 0 Å². The fraction of sp³-hybridized carbons (Fsp3) is 0.182.